The number of nitrogens with one attached hydrogen (secondary N) is 2. The number of aromatic nitrogens is 2. The molecule has 0 aliphatic carbocycles. The van der Waals surface area contributed by atoms with E-state index in [9.17, 15) is 4.79 Å². The van der Waals surface area contributed by atoms with Gasteiger partial charge in [0, 0.05) is 29.7 Å². The molecule has 1 aromatic heterocycles. The van der Waals surface area contributed by atoms with Gasteiger partial charge in [-0.05, 0) is 36.1 Å². The SMILES string of the molecule is O=C(Cc1ccc(Br)cc1)N[C@H]1CCCN(c2cc(-c3ccccc3)[nH]n2)C1. The summed E-state index contributed by atoms with van der Waals surface area (Å²) in [5.41, 5.74) is 3.16. The standard InChI is InChI=1S/C22H23BrN4O/c23-18-10-8-16(9-11-18)13-22(28)24-19-7-4-12-27(15-19)21-14-20(25-26-21)17-5-2-1-3-6-17/h1-3,5-6,8-11,14,19H,4,7,12-13,15H2,(H,24,28)(H,25,26)/t19-/m0/s1. The van der Waals surface area contributed by atoms with Gasteiger partial charge in [-0.1, -0.05) is 58.4 Å². The molecule has 2 N–H and O–H groups in total. The summed E-state index contributed by atoms with van der Waals surface area (Å²) in [5.74, 6) is 1.01. The second kappa shape index (κ2) is 8.61. The Hall–Kier alpha value is -2.60. The average Bonchev–Trinajstić information content (AvgIpc) is 3.21. The van der Waals surface area contributed by atoms with Gasteiger partial charge in [-0.25, -0.2) is 0 Å². The van der Waals surface area contributed by atoms with Crippen LogP contribution in [0.15, 0.2) is 65.1 Å². The van der Waals surface area contributed by atoms with Crippen LogP contribution in [0.2, 0.25) is 0 Å². The van der Waals surface area contributed by atoms with Gasteiger partial charge in [0.1, 0.15) is 0 Å². The molecule has 1 aliphatic rings. The lowest BCUT2D eigenvalue weighted by Gasteiger charge is -2.33. The molecule has 4 rings (SSSR count). The van der Waals surface area contributed by atoms with Crippen LogP contribution in [-0.2, 0) is 11.2 Å². The smallest absolute Gasteiger partial charge is 0.224 e. The number of rotatable bonds is 5. The van der Waals surface area contributed by atoms with E-state index >= 15 is 0 Å². The number of hydrogen-bond donors (Lipinski definition) is 2. The molecule has 0 radical (unpaired) electrons. The molecule has 2 aromatic carbocycles. The Morgan fingerprint density at radius 2 is 1.96 bits per heavy atom. The molecule has 0 saturated carbocycles. The van der Waals surface area contributed by atoms with Crippen molar-refractivity contribution in [3.05, 3.63) is 70.7 Å². The summed E-state index contributed by atoms with van der Waals surface area (Å²) >= 11 is 3.42. The zero-order valence-electron chi connectivity index (χ0n) is 15.6. The molecule has 1 fully saturated rings. The third-order valence-corrected chi connectivity index (χ3v) is 5.57. The molecule has 3 aromatic rings. The molecule has 1 amide bonds. The van der Waals surface area contributed by atoms with Crippen LogP contribution >= 0.6 is 15.9 Å². The Labute approximate surface area is 173 Å². The third kappa shape index (κ3) is 4.62. The molecule has 1 saturated heterocycles. The first-order chi connectivity index (χ1) is 13.7. The van der Waals surface area contributed by atoms with E-state index in [2.05, 4.69) is 54.5 Å². The van der Waals surface area contributed by atoms with Gasteiger partial charge in [-0.15, -0.1) is 0 Å². The Kier molecular flexibility index (Phi) is 5.76. The summed E-state index contributed by atoms with van der Waals surface area (Å²) in [6.07, 6.45) is 2.44. The lowest BCUT2D eigenvalue weighted by Crippen LogP contribution is -2.48. The number of anilines is 1. The Morgan fingerprint density at radius 1 is 1.18 bits per heavy atom. The van der Waals surface area contributed by atoms with E-state index in [1.807, 2.05) is 42.5 Å². The minimum absolute atomic E-state index is 0.0705. The second-order valence-electron chi connectivity index (χ2n) is 7.16. The topological polar surface area (TPSA) is 61.0 Å². The Balaban J connectivity index is 1.36. The fourth-order valence-electron chi connectivity index (χ4n) is 3.61. The lowest BCUT2D eigenvalue weighted by atomic mass is 10.0. The minimum atomic E-state index is 0.0705. The van der Waals surface area contributed by atoms with Crippen molar-refractivity contribution in [3.63, 3.8) is 0 Å². The van der Waals surface area contributed by atoms with E-state index in [1.165, 1.54) is 0 Å². The molecular weight excluding hydrogens is 416 g/mol. The molecule has 5 nitrogen and oxygen atoms in total. The molecule has 2 heterocycles. The van der Waals surface area contributed by atoms with Gasteiger partial charge in [-0.3, -0.25) is 9.89 Å². The molecule has 144 valence electrons. The Bertz CT molecular complexity index is 923. The maximum Gasteiger partial charge on any atom is 0.224 e. The van der Waals surface area contributed by atoms with Crippen LogP contribution in [0.5, 0.6) is 0 Å². The van der Waals surface area contributed by atoms with Crippen molar-refractivity contribution in [1.82, 2.24) is 15.5 Å². The summed E-state index contributed by atoms with van der Waals surface area (Å²) in [6.45, 7) is 1.74. The van der Waals surface area contributed by atoms with Gasteiger partial charge >= 0.3 is 0 Å². The number of nitrogens with zero attached hydrogens (tertiary/aromatic N) is 2. The highest BCUT2D eigenvalue weighted by molar-refractivity contribution is 9.10. The molecule has 1 aliphatic heterocycles. The van der Waals surface area contributed by atoms with Crippen LogP contribution in [0.1, 0.15) is 18.4 Å². The number of amides is 1. The van der Waals surface area contributed by atoms with Crippen LogP contribution in [0.25, 0.3) is 11.3 Å². The molecule has 28 heavy (non-hydrogen) atoms. The van der Waals surface area contributed by atoms with Crippen molar-refractivity contribution in [2.75, 3.05) is 18.0 Å². The van der Waals surface area contributed by atoms with Crippen molar-refractivity contribution < 1.29 is 4.79 Å². The highest BCUT2D eigenvalue weighted by Gasteiger charge is 2.23. The van der Waals surface area contributed by atoms with Crippen molar-refractivity contribution in [2.45, 2.75) is 25.3 Å². The predicted octanol–water partition coefficient (Wildman–Crippen LogP) is 4.17. The fourth-order valence-corrected chi connectivity index (χ4v) is 3.87. The first-order valence-corrected chi connectivity index (χ1v) is 10.4. The molecule has 1 atom stereocenters. The van der Waals surface area contributed by atoms with Gasteiger partial charge in [-0.2, -0.15) is 5.10 Å². The number of carbonyl (C=O) groups is 1. The van der Waals surface area contributed by atoms with Crippen LogP contribution in [-0.4, -0.2) is 35.2 Å². The number of carbonyl (C=O) groups excluding carboxylic acids is 1. The van der Waals surface area contributed by atoms with Gasteiger partial charge in [0.05, 0.1) is 12.1 Å². The highest BCUT2D eigenvalue weighted by atomic mass is 79.9. The molecule has 0 bridgehead atoms. The number of halogens is 1. The zero-order valence-corrected chi connectivity index (χ0v) is 17.2. The van der Waals surface area contributed by atoms with Crippen LogP contribution < -0.4 is 10.2 Å². The van der Waals surface area contributed by atoms with Crippen molar-refractivity contribution in [3.8, 4) is 11.3 Å². The van der Waals surface area contributed by atoms with E-state index in [0.29, 0.717) is 6.42 Å². The predicted molar refractivity (Wildman–Crippen MR) is 115 cm³/mol. The van der Waals surface area contributed by atoms with E-state index < -0.39 is 0 Å². The number of aromatic amines is 1. The summed E-state index contributed by atoms with van der Waals surface area (Å²) in [5, 5.41) is 10.8. The summed E-state index contributed by atoms with van der Waals surface area (Å²) in [6, 6.07) is 20.3. The van der Waals surface area contributed by atoms with Crippen molar-refractivity contribution >= 4 is 27.7 Å². The van der Waals surface area contributed by atoms with Crippen molar-refractivity contribution in [2.24, 2.45) is 0 Å². The van der Waals surface area contributed by atoms with Gasteiger partial charge in [0.25, 0.3) is 0 Å². The largest absolute Gasteiger partial charge is 0.353 e. The van der Waals surface area contributed by atoms with Crippen LogP contribution in [0.4, 0.5) is 5.82 Å². The highest BCUT2D eigenvalue weighted by Crippen LogP contribution is 2.24. The zero-order chi connectivity index (χ0) is 19.3. The number of benzene rings is 2. The molecule has 0 unspecified atom stereocenters. The second-order valence-corrected chi connectivity index (χ2v) is 8.08. The maximum atomic E-state index is 12.4. The molecular formula is C22H23BrN4O. The number of H-pyrrole nitrogens is 1. The van der Waals surface area contributed by atoms with E-state index in [0.717, 1.165) is 53.0 Å². The number of piperidine rings is 1. The van der Waals surface area contributed by atoms with E-state index in [1.54, 1.807) is 0 Å². The van der Waals surface area contributed by atoms with Gasteiger partial charge < -0.3 is 10.2 Å². The summed E-state index contributed by atoms with van der Waals surface area (Å²) in [7, 11) is 0. The first kappa shape index (κ1) is 18.7. The van der Waals surface area contributed by atoms with Gasteiger partial charge in [0.2, 0.25) is 5.91 Å². The molecule has 0 spiro atoms. The monoisotopic (exact) mass is 438 g/mol. The minimum Gasteiger partial charge on any atom is -0.353 e. The normalized spacial score (nSPS) is 16.8. The average molecular weight is 439 g/mol. The fraction of sp³-hybridized carbons (Fsp3) is 0.273. The number of hydrogen-bond acceptors (Lipinski definition) is 3. The lowest BCUT2D eigenvalue weighted by molar-refractivity contribution is -0.121. The first-order valence-electron chi connectivity index (χ1n) is 9.57. The third-order valence-electron chi connectivity index (χ3n) is 5.04. The quantitative estimate of drug-likeness (QED) is 0.628. The van der Waals surface area contributed by atoms with Crippen LogP contribution in [0, 0.1) is 0 Å². The van der Waals surface area contributed by atoms with Crippen LogP contribution in [0.3, 0.4) is 0 Å². The summed E-state index contributed by atoms with van der Waals surface area (Å²) in [4.78, 5) is 14.7. The maximum absolute atomic E-state index is 12.4. The van der Waals surface area contributed by atoms with Crippen molar-refractivity contribution in [1.29, 1.82) is 0 Å². The summed E-state index contributed by atoms with van der Waals surface area (Å²) < 4.78 is 1.02. The van der Waals surface area contributed by atoms with E-state index in [4.69, 9.17) is 0 Å². The van der Waals surface area contributed by atoms with E-state index in [-0.39, 0.29) is 11.9 Å². The molecule has 6 heteroatoms. The Morgan fingerprint density at radius 3 is 2.75 bits per heavy atom. The van der Waals surface area contributed by atoms with Gasteiger partial charge in [0.15, 0.2) is 5.82 Å².